The molecule has 19 heavy (non-hydrogen) atoms. The fraction of sp³-hybridized carbons (Fsp3) is 0.333. The number of halogens is 2. The van der Waals surface area contributed by atoms with E-state index < -0.39 is 5.82 Å². The third-order valence-corrected chi connectivity index (χ3v) is 3.00. The normalized spacial score (nSPS) is 16.0. The molecule has 0 radical (unpaired) electrons. The van der Waals surface area contributed by atoms with Gasteiger partial charge in [-0.25, -0.2) is 4.39 Å². The molecule has 1 aromatic rings. The molecule has 2 rings (SSSR count). The Balaban J connectivity index is 1.92. The van der Waals surface area contributed by atoms with Crippen molar-refractivity contribution in [3.63, 3.8) is 0 Å². The Morgan fingerprint density at radius 3 is 3.00 bits per heavy atom. The molecule has 1 aromatic carbocycles. The highest BCUT2D eigenvalue weighted by Gasteiger charge is 2.18. The predicted molar refractivity (Wildman–Crippen MR) is 69.5 cm³/mol. The number of benzene rings is 1. The quantitative estimate of drug-likeness (QED) is 0.865. The Morgan fingerprint density at radius 1 is 1.53 bits per heavy atom. The number of nitrogens with one attached hydrogen (secondary N) is 2. The number of nitrogens with zero attached hydrogens (tertiary/aromatic N) is 1. The molecule has 0 unspecified atom stereocenters. The summed E-state index contributed by atoms with van der Waals surface area (Å²) in [6.07, 6.45) is 0. The van der Waals surface area contributed by atoms with E-state index in [1.807, 2.05) is 0 Å². The molecule has 1 fully saturated rings. The highest BCUT2D eigenvalue weighted by molar-refractivity contribution is 6.33. The summed E-state index contributed by atoms with van der Waals surface area (Å²) in [6.45, 7) is 1.45. The zero-order valence-electron chi connectivity index (χ0n) is 10.1. The van der Waals surface area contributed by atoms with E-state index in [9.17, 15) is 14.0 Å². The molecular weight excluding hydrogens is 273 g/mol. The predicted octanol–water partition coefficient (Wildman–Crippen LogP) is 0.849. The van der Waals surface area contributed by atoms with Crippen LogP contribution in [-0.2, 0) is 9.59 Å². The van der Waals surface area contributed by atoms with Gasteiger partial charge in [-0.05, 0) is 18.2 Å². The van der Waals surface area contributed by atoms with Crippen molar-refractivity contribution in [2.45, 2.75) is 0 Å². The molecule has 1 heterocycles. The van der Waals surface area contributed by atoms with Gasteiger partial charge in [0.25, 0.3) is 0 Å². The van der Waals surface area contributed by atoms with Gasteiger partial charge in [0.15, 0.2) is 0 Å². The summed E-state index contributed by atoms with van der Waals surface area (Å²) in [6, 6.07) is 3.75. The molecule has 0 aliphatic carbocycles. The molecule has 0 spiro atoms. The summed E-state index contributed by atoms with van der Waals surface area (Å²) in [4.78, 5) is 24.7. The van der Waals surface area contributed by atoms with Crippen LogP contribution in [0, 0.1) is 5.82 Å². The van der Waals surface area contributed by atoms with Crippen LogP contribution in [0.2, 0.25) is 5.02 Å². The molecule has 7 heteroatoms. The maximum atomic E-state index is 12.9. The maximum Gasteiger partial charge on any atom is 0.238 e. The first kappa shape index (κ1) is 13.8. The SMILES string of the molecule is O=C1CN(CC(=O)Nc2ccc(F)cc2Cl)CCN1. The van der Waals surface area contributed by atoms with Crippen molar-refractivity contribution in [3.05, 3.63) is 29.0 Å². The minimum atomic E-state index is -0.462. The highest BCUT2D eigenvalue weighted by atomic mass is 35.5. The average molecular weight is 286 g/mol. The zero-order chi connectivity index (χ0) is 13.8. The van der Waals surface area contributed by atoms with E-state index in [0.29, 0.717) is 18.8 Å². The highest BCUT2D eigenvalue weighted by Crippen LogP contribution is 2.22. The van der Waals surface area contributed by atoms with E-state index in [-0.39, 0.29) is 29.9 Å². The first-order chi connectivity index (χ1) is 9.04. The number of rotatable bonds is 3. The van der Waals surface area contributed by atoms with E-state index >= 15 is 0 Å². The Morgan fingerprint density at radius 2 is 2.32 bits per heavy atom. The molecule has 0 atom stereocenters. The van der Waals surface area contributed by atoms with Crippen LogP contribution >= 0.6 is 11.6 Å². The van der Waals surface area contributed by atoms with Crippen molar-refractivity contribution < 1.29 is 14.0 Å². The van der Waals surface area contributed by atoms with Crippen LogP contribution in [0.15, 0.2) is 18.2 Å². The van der Waals surface area contributed by atoms with Gasteiger partial charge in [-0.2, -0.15) is 0 Å². The van der Waals surface area contributed by atoms with Crippen LogP contribution in [-0.4, -0.2) is 42.9 Å². The summed E-state index contributed by atoms with van der Waals surface area (Å²) < 4.78 is 12.9. The molecule has 5 nitrogen and oxygen atoms in total. The summed E-state index contributed by atoms with van der Waals surface area (Å²) in [5.41, 5.74) is 0.356. The van der Waals surface area contributed by atoms with Crippen LogP contribution in [0.1, 0.15) is 0 Å². The second-order valence-electron chi connectivity index (χ2n) is 4.23. The van der Waals surface area contributed by atoms with Crippen LogP contribution in [0.5, 0.6) is 0 Å². The summed E-state index contributed by atoms with van der Waals surface area (Å²) in [5.74, 6) is -0.849. The number of hydrogen-bond acceptors (Lipinski definition) is 3. The molecule has 0 saturated carbocycles. The van der Waals surface area contributed by atoms with Gasteiger partial charge >= 0.3 is 0 Å². The van der Waals surface area contributed by atoms with Crippen molar-refractivity contribution in [2.75, 3.05) is 31.5 Å². The van der Waals surface area contributed by atoms with Gasteiger partial charge in [0.2, 0.25) is 11.8 Å². The Labute approximate surface area is 114 Å². The lowest BCUT2D eigenvalue weighted by Crippen LogP contribution is -2.49. The molecule has 1 aliphatic rings. The van der Waals surface area contributed by atoms with Crippen LogP contribution in [0.25, 0.3) is 0 Å². The first-order valence-electron chi connectivity index (χ1n) is 5.78. The zero-order valence-corrected chi connectivity index (χ0v) is 10.8. The maximum absolute atomic E-state index is 12.9. The summed E-state index contributed by atoms with van der Waals surface area (Å²) >= 11 is 5.81. The monoisotopic (exact) mass is 285 g/mol. The van der Waals surface area contributed by atoms with E-state index in [1.165, 1.54) is 12.1 Å². The third kappa shape index (κ3) is 3.90. The van der Waals surface area contributed by atoms with Gasteiger partial charge in [-0.1, -0.05) is 11.6 Å². The lowest BCUT2D eigenvalue weighted by molar-refractivity contribution is -0.125. The second kappa shape index (κ2) is 5.99. The largest absolute Gasteiger partial charge is 0.354 e. The molecule has 0 aromatic heterocycles. The van der Waals surface area contributed by atoms with Crippen molar-refractivity contribution in [2.24, 2.45) is 0 Å². The number of hydrogen-bond donors (Lipinski definition) is 2. The fourth-order valence-electron chi connectivity index (χ4n) is 1.81. The van der Waals surface area contributed by atoms with E-state index in [4.69, 9.17) is 11.6 Å². The van der Waals surface area contributed by atoms with Gasteiger partial charge < -0.3 is 10.6 Å². The average Bonchev–Trinajstić information content (AvgIpc) is 2.33. The fourth-order valence-corrected chi connectivity index (χ4v) is 2.02. The van der Waals surface area contributed by atoms with Crippen molar-refractivity contribution >= 4 is 29.1 Å². The number of carbonyl (C=O) groups excluding carboxylic acids is 2. The molecule has 102 valence electrons. The lowest BCUT2D eigenvalue weighted by Gasteiger charge is -2.25. The first-order valence-corrected chi connectivity index (χ1v) is 6.16. The smallest absolute Gasteiger partial charge is 0.238 e. The minimum absolute atomic E-state index is 0.0983. The summed E-state index contributed by atoms with van der Waals surface area (Å²) in [7, 11) is 0. The van der Waals surface area contributed by atoms with Gasteiger partial charge in [0.1, 0.15) is 5.82 Å². The molecule has 1 saturated heterocycles. The summed E-state index contributed by atoms with van der Waals surface area (Å²) in [5, 5.41) is 5.41. The van der Waals surface area contributed by atoms with Gasteiger partial charge in [-0.15, -0.1) is 0 Å². The second-order valence-corrected chi connectivity index (χ2v) is 4.64. The molecule has 0 bridgehead atoms. The standard InChI is InChI=1S/C12H13ClFN3O2/c13-9-5-8(14)1-2-10(9)16-12(19)7-17-4-3-15-11(18)6-17/h1-2,5H,3-4,6-7H2,(H,15,18)(H,16,19). The number of anilines is 1. The molecular formula is C12H13ClFN3O2. The topological polar surface area (TPSA) is 61.4 Å². The van der Waals surface area contributed by atoms with Crippen molar-refractivity contribution in [1.29, 1.82) is 0 Å². The van der Waals surface area contributed by atoms with Gasteiger partial charge in [0.05, 0.1) is 23.8 Å². The van der Waals surface area contributed by atoms with Gasteiger partial charge in [-0.3, -0.25) is 14.5 Å². The van der Waals surface area contributed by atoms with Crippen molar-refractivity contribution in [1.82, 2.24) is 10.2 Å². The van der Waals surface area contributed by atoms with Gasteiger partial charge in [0, 0.05) is 13.1 Å². The van der Waals surface area contributed by atoms with Crippen LogP contribution < -0.4 is 10.6 Å². The lowest BCUT2D eigenvalue weighted by atomic mass is 10.3. The third-order valence-electron chi connectivity index (χ3n) is 2.69. The minimum Gasteiger partial charge on any atom is -0.354 e. The van der Waals surface area contributed by atoms with E-state index in [0.717, 1.165) is 6.07 Å². The Kier molecular flexibility index (Phi) is 4.34. The van der Waals surface area contributed by atoms with E-state index in [1.54, 1.807) is 4.90 Å². The van der Waals surface area contributed by atoms with Crippen LogP contribution in [0.4, 0.5) is 10.1 Å². The number of amides is 2. The molecule has 1 aliphatic heterocycles. The Hall–Kier alpha value is -1.66. The molecule has 2 amide bonds. The number of piperazine rings is 1. The van der Waals surface area contributed by atoms with Crippen LogP contribution in [0.3, 0.4) is 0 Å². The molecule has 2 N–H and O–H groups in total. The number of carbonyl (C=O) groups is 2. The Bertz CT molecular complexity index is 510. The van der Waals surface area contributed by atoms with Crippen molar-refractivity contribution in [3.8, 4) is 0 Å². The van der Waals surface area contributed by atoms with E-state index in [2.05, 4.69) is 10.6 Å².